The minimum atomic E-state index is -0.465. The zero-order chi connectivity index (χ0) is 16.1. The number of hydrogen-bond acceptors (Lipinski definition) is 4. The number of piperidine rings is 1. The van der Waals surface area contributed by atoms with Crippen LogP contribution >= 0.6 is 12.4 Å². The summed E-state index contributed by atoms with van der Waals surface area (Å²) in [6.45, 7) is 5.23. The largest absolute Gasteiger partial charge is 0.459 e. The second-order valence-corrected chi connectivity index (χ2v) is 5.96. The molecule has 130 valence electrons. The Balaban J connectivity index is 0.00000264. The lowest BCUT2D eigenvalue weighted by Gasteiger charge is -2.32. The number of rotatable bonds is 5. The first-order valence-electron chi connectivity index (χ1n) is 7.91. The van der Waals surface area contributed by atoms with Crippen LogP contribution in [-0.2, 0) is 4.79 Å². The molecule has 0 aromatic carbocycles. The van der Waals surface area contributed by atoms with Gasteiger partial charge in [-0.3, -0.25) is 9.59 Å². The van der Waals surface area contributed by atoms with Gasteiger partial charge in [0.1, 0.15) is 0 Å². The molecule has 1 aliphatic heterocycles. The minimum Gasteiger partial charge on any atom is -0.459 e. The maximum absolute atomic E-state index is 12.2. The Kier molecular flexibility index (Phi) is 7.58. The number of hydrogen-bond donors (Lipinski definition) is 2. The molecule has 1 aromatic heterocycles. The predicted molar refractivity (Wildman–Crippen MR) is 90.5 cm³/mol. The van der Waals surface area contributed by atoms with E-state index in [4.69, 9.17) is 10.2 Å². The average molecular weight is 344 g/mol. The maximum Gasteiger partial charge on any atom is 0.289 e. The van der Waals surface area contributed by atoms with Crippen LogP contribution in [0.5, 0.6) is 0 Å². The van der Waals surface area contributed by atoms with Crippen LogP contribution in [0.15, 0.2) is 22.8 Å². The number of likely N-dealkylation sites (tertiary alicyclic amines) is 1. The molecule has 2 amide bonds. The van der Waals surface area contributed by atoms with Crippen molar-refractivity contribution in [2.45, 2.75) is 45.2 Å². The zero-order valence-corrected chi connectivity index (χ0v) is 14.5. The molecule has 0 spiro atoms. The smallest absolute Gasteiger partial charge is 0.289 e. The Labute approximate surface area is 143 Å². The molecule has 2 unspecified atom stereocenters. The maximum atomic E-state index is 12.2. The van der Waals surface area contributed by atoms with Gasteiger partial charge in [0.05, 0.1) is 12.3 Å². The molecule has 1 aromatic rings. The van der Waals surface area contributed by atoms with Gasteiger partial charge >= 0.3 is 0 Å². The Bertz CT molecular complexity index is 499. The van der Waals surface area contributed by atoms with Crippen LogP contribution in [0.1, 0.15) is 43.7 Å². The number of carbonyl (C=O) groups excluding carboxylic acids is 2. The molecule has 1 saturated heterocycles. The van der Waals surface area contributed by atoms with Crippen LogP contribution in [-0.4, -0.2) is 41.9 Å². The number of nitrogens with one attached hydrogen (secondary N) is 1. The van der Waals surface area contributed by atoms with Gasteiger partial charge in [-0.15, -0.1) is 12.4 Å². The van der Waals surface area contributed by atoms with Gasteiger partial charge in [0.25, 0.3) is 5.91 Å². The molecule has 2 rings (SSSR count). The number of nitrogens with zero attached hydrogens (tertiary/aromatic N) is 1. The summed E-state index contributed by atoms with van der Waals surface area (Å²) in [5, 5.41) is 3.00. The average Bonchev–Trinajstić information content (AvgIpc) is 3.07. The minimum absolute atomic E-state index is 0. The number of furan rings is 1. The summed E-state index contributed by atoms with van der Waals surface area (Å²) in [7, 11) is 0. The predicted octanol–water partition coefficient (Wildman–Crippen LogP) is 1.80. The molecule has 3 N–H and O–H groups in total. The second-order valence-electron chi connectivity index (χ2n) is 5.96. The summed E-state index contributed by atoms with van der Waals surface area (Å²) >= 11 is 0. The fraction of sp³-hybridized carbons (Fsp3) is 0.625. The van der Waals surface area contributed by atoms with E-state index in [1.807, 2.05) is 13.8 Å². The van der Waals surface area contributed by atoms with Crippen LogP contribution in [0.25, 0.3) is 0 Å². The summed E-state index contributed by atoms with van der Waals surface area (Å²) in [6.07, 6.45) is 3.86. The molecule has 2 atom stereocenters. The van der Waals surface area contributed by atoms with Gasteiger partial charge in [-0.25, -0.2) is 0 Å². The summed E-state index contributed by atoms with van der Waals surface area (Å²) in [6, 6.07) is 2.99. The molecule has 7 heteroatoms. The van der Waals surface area contributed by atoms with E-state index >= 15 is 0 Å². The second kappa shape index (κ2) is 8.93. The SMILES string of the molecule is CCC(C)C(N)C(=O)NC1CCN(C(=O)c2ccco2)CC1.Cl. The fourth-order valence-electron chi connectivity index (χ4n) is 2.59. The van der Waals surface area contributed by atoms with Crippen LogP contribution in [0.4, 0.5) is 0 Å². The van der Waals surface area contributed by atoms with Crippen molar-refractivity contribution in [2.75, 3.05) is 13.1 Å². The van der Waals surface area contributed by atoms with E-state index in [0.717, 1.165) is 19.3 Å². The van der Waals surface area contributed by atoms with Crippen LogP contribution in [0.2, 0.25) is 0 Å². The van der Waals surface area contributed by atoms with Crippen molar-refractivity contribution in [3.05, 3.63) is 24.2 Å². The van der Waals surface area contributed by atoms with Crippen molar-refractivity contribution in [1.29, 1.82) is 0 Å². The summed E-state index contributed by atoms with van der Waals surface area (Å²) in [4.78, 5) is 26.0. The van der Waals surface area contributed by atoms with Crippen molar-refractivity contribution in [2.24, 2.45) is 11.7 Å². The zero-order valence-electron chi connectivity index (χ0n) is 13.7. The number of carbonyl (C=O) groups is 2. The molecule has 0 bridgehead atoms. The molecular weight excluding hydrogens is 318 g/mol. The molecule has 0 aliphatic carbocycles. The van der Waals surface area contributed by atoms with Crippen LogP contribution < -0.4 is 11.1 Å². The lowest BCUT2D eigenvalue weighted by molar-refractivity contribution is -0.124. The van der Waals surface area contributed by atoms with Gasteiger partial charge in [-0.05, 0) is 30.9 Å². The highest BCUT2D eigenvalue weighted by atomic mass is 35.5. The van der Waals surface area contributed by atoms with Gasteiger partial charge in [0, 0.05) is 19.1 Å². The highest BCUT2D eigenvalue weighted by Gasteiger charge is 2.27. The molecule has 6 nitrogen and oxygen atoms in total. The Morgan fingerprint density at radius 1 is 1.43 bits per heavy atom. The first-order valence-corrected chi connectivity index (χ1v) is 7.91. The van der Waals surface area contributed by atoms with Gasteiger partial charge < -0.3 is 20.4 Å². The lowest BCUT2D eigenvalue weighted by Crippen LogP contribution is -2.52. The molecule has 2 heterocycles. The van der Waals surface area contributed by atoms with Crippen LogP contribution in [0.3, 0.4) is 0 Å². The molecular formula is C16H26ClN3O3. The first kappa shape index (κ1) is 19.5. The van der Waals surface area contributed by atoms with Gasteiger partial charge in [0.15, 0.2) is 5.76 Å². The third-order valence-electron chi connectivity index (χ3n) is 4.42. The lowest BCUT2D eigenvalue weighted by atomic mass is 9.98. The van der Waals surface area contributed by atoms with E-state index in [1.54, 1.807) is 17.0 Å². The van der Waals surface area contributed by atoms with E-state index in [9.17, 15) is 9.59 Å². The first-order chi connectivity index (χ1) is 10.5. The molecule has 0 saturated carbocycles. The van der Waals surface area contributed by atoms with Gasteiger partial charge in [0.2, 0.25) is 5.91 Å². The summed E-state index contributed by atoms with van der Waals surface area (Å²) in [5.41, 5.74) is 5.94. The normalized spacial score (nSPS) is 18.0. The Morgan fingerprint density at radius 3 is 2.61 bits per heavy atom. The van der Waals surface area contributed by atoms with Crippen LogP contribution in [0, 0.1) is 5.92 Å². The molecule has 1 fully saturated rings. The third-order valence-corrected chi connectivity index (χ3v) is 4.42. The number of amides is 2. The summed E-state index contributed by atoms with van der Waals surface area (Å²) < 4.78 is 5.13. The van der Waals surface area contributed by atoms with E-state index in [0.29, 0.717) is 18.8 Å². The molecule has 0 radical (unpaired) electrons. The van der Waals surface area contributed by atoms with E-state index < -0.39 is 6.04 Å². The topological polar surface area (TPSA) is 88.6 Å². The Morgan fingerprint density at radius 2 is 2.09 bits per heavy atom. The number of halogens is 1. The van der Waals surface area contributed by atoms with Crippen molar-refractivity contribution in [3.8, 4) is 0 Å². The van der Waals surface area contributed by atoms with Gasteiger partial charge in [-0.2, -0.15) is 0 Å². The monoisotopic (exact) mass is 343 g/mol. The Hall–Kier alpha value is -1.53. The standard InChI is InChI=1S/C16H25N3O3.ClH/c1-3-11(2)14(17)15(20)18-12-6-8-19(9-7-12)16(21)13-5-4-10-22-13;/h4-5,10-12,14H,3,6-9,17H2,1-2H3,(H,18,20);1H. The highest BCUT2D eigenvalue weighted by molar-refractivity contribution is 5.91. The molecule has 23 heavy (non-hydrogen) atoms. The van der Waals surface area contributed by atoms with Crippen molar-refractivity contribution in [1.82, 2.24) is 10.2 Å². The van der Waals surface area contributed by atoms with E-state index in [-0.39, 0.29) is 36.2 Å². The van der Waals surface area contributed by atoms with E-state index in [2.05, 4.69) is 5.32 Å². The number of nitrogens with two attached hydrogens (primary N) is 1. The molecule has 1 aliphatic rings. The quantitative estimate of drug-likeness (QED) is 0.853. The van der Waals surface area contributed by atoms with Crippen molar-refractivity contribution < 1.29 is 14.0 Å². The van der Waals surface area contributed by atoms with Crippen molar-refractivity contribution in [3.63, 3.8) is 0 Å². The highest BCUT2D eigenvalue weighted by Crippen LogP contribution is 2.15. The van der Waals surface area contributed by atoms with Gasteiger partial charge in [-0.1, -0.05) is 20.3 Å². The third kappa shape index (κ3) is 4.97. The fourth-order valence-corrected chi connectivity index (χ4v) is 2.59. The van der Waals surface area contributed by atoms with Crippen molar-refractivity contribution >= 4 is 24.2 Å². The van der Waals surface area contributed by atoms with E-state index in [1.165, 1.54) is 6.26 Å². The summed E-state index contributed by atoms with van der Waals surface area (Å²) in [5.74, 6) is 0.346.